The Bertz CT molecular complexity index is 646. The van der Waals surface area contributed by atoms with Gasteiger partial charge in [-0.25, -0.2) is 13.2 Å². The van der Waals surface area contributed by atoms with Crippen LogP contribution in [0.25, 0.3) is 0 Å². The van der Waals surface area contributed by atoms with Crippen LogP contribution in [0, 0.1) is 0 Å². The molecule has 0 spiro atoms. The van der Waals surface area contributed by atoms with Crippen molar-refractivity contribution in [1.29, 1.82) is 0 Å². The van der Waals surface area contributed by atoms with E-state index >= 15 is 0 Å². The first kappa shape index (κ1) is 16.8. The third-order valence-corrected chi connectivity index (χ3v) is 3.87. The number of hydrogen-bond acceptors (Lipinski definition) is 5. The molecular weight excluding hydrogens is 312 g/mol. The molecule has 1 atom stereocenters. The van der Waals surface area contributed by atoms with Gasteiger partial charge >= 0.3 is 17.7 Å². The summed E-state index contributed by atoms with van der Waals surface area (Å²) < 4.78 is 48.1. The number of para-hydroxylation sites is 1. The van der Waals surface area contributed by atoms with Gasteiger partial charge in [0.25, 0.3) is 0 Å². The van der Waals surface area contributed by atoms with Crippen LogP contribution < -0.4 is 5.32 Å². The number of halogens is 2. The smallest absolute Gasteiger partial charge is 0.341 e. The van der Waals surface area contributed by atoms with Crippen LogP contribution in [0.2, 0.25) is 0 Å². The lowest BCUT2D eigenvalue weighted by Crippen LogP contribution is -2.32. The number of carboxylic acids is 2. The monoisotopic (exact) mass is 323 g/mol. The number of benzene rings is 1. The number of alkyl halides is 2. The van der Waals surface area contributed by atoms with Crippen molar-refractivity contribution in [2.24, 2.45) is 0 Å². The first-order valence-corrected chi connectivity index (χ1v) is 7.03. The standard InChI is InChI=1S/C11H11F2NO6S/c12-11(13)21(19,20)8-4-2-1-3-6(8)14-7(10(17)18)5-9(15)16/h1-4,7,11,14H,5H2,(H,15,16)(H,17,18). The number of carboxylic acid groups (broad SMARTS) is 2. The second kappa shape index (κ2) is 6.48. The third kappa shape index (κ3) is 4.12. The van der Waals surface area contributed by atoms with Gasteiger partial charge in [-0.05, 0) is 12.1 Å². The lowest BCUT2D eigenvalue weighted by molar-refractivity contribution is -0.144. The maximum atomic E-state index is 12.6. The minimum atomic E-state index is -4.94. The first-order chi connectivity index (χ1) is 9.66. The molecule has 0 aliphatic carbocycles. The van der Waals surface area contributed by atoms with Crippen LogP contribution in [-0.4, -0.2) is 42.4 Å². The molecule has 7 nitrogen and oxygen atoms in total. The van der Waals surface area contributed by atoms with Gasteiger partial charge in [-0.15, -0.1) is 0 Å². The van der Waals surface area contributed by atoms with Crippen molar-refractivity contribution in [3.05, 3.63) is 24.3 Å². The highest BCUT2D eigenvalue weighted by Crippen LogP contribution is 2.26. The van der Waals surface area contributed by atoms with E-state index in [0.29, 0.717) is 0 Å². The van der Waals surface area contributed by atoms with Crippen molar-refractivity contribution in [3.8, 4) is 0 Å². The van der Waals surface area contributed by atoms with Crippen LogP contribution in [0.15, 0.2) is 29.2 Å². The summed E-state index contributed by atoms with van der Waals surface area (Å²) in [7, 11) is -4.94. The zero-order valence-corrected chi connectivity index (χ0v) is 11.2. The molecule has 0 aliphatic heterocycles. The summed E-state index contributed by atoms with van der Waals surface area (Å²) in [5.41, 5.74) is -0.397. The fourth-order valence-electron chi connectivity index (χ4n) is 1.49. The molecule has 1 aromatic carbocycles. The van der Waals surface area contributed by atoms with Gasteiger partial charge in [0, 0.05) is 0 Å². The van der Waals surface area contributed by atoms with E-state index in [1.807, 2.05) is 0 Å². The summed E-state index contributed by atoms with van der Waals surface area (Å²) in [5.74, 6) is -6.67. The van der Waals surface area contributed by atoms with Gasteiger partial charge in [0.2, 0.25) is 9.84 Å². The number of hydrogen-bond donors (Lipinski definition) is 3. The van der Waals surface area contributed by atoms with E-state index < -0.39 is 50.6 Å². The van der Waals surface area contributed by atoms with Crippen molar-refractivity contribution in [3.63, 3.8) is 0 Å². The summed E-state index contributed by atoms with van der Waals surface area (Å²) in [6.07, 6.45) is -0.849. The summed E-state index contributed by atoms with van der Waals surface area (Å²) in [6, 6.07) is 2.78. The maximum absolute atomic E-state index is 12.6. The SMILES string of the molecule is O=C(O)CC(Nc1ccccc1S(=O)(=O)C(F)F)C(=O)O. The molecule has 3 N–H and O–H groups in total. The summed E-state index contributed by atoms with van der Waals surface area (Å²) in [4.78, 5) is 20.7. The Hall–Kier alpha value is -2.23. The van der Waals surface area contributed by atoms with E-state index in [4.69, 9.17) is 10.2 Å². The highest BCUT2D eigenvalue weighted by atomic mass is 32.2. The molecule has 0 saturated carbocycles. The molecule has 0 radical (unpaired) electrons. The highest BCUT2D eigenvalue weighted by molar-refractivity contribution is 7.91. The van der Waals surface area contributed by atoms with Gasteiger partial charge in [0.05, 0.1) is 17.0 Å². The van der Waals surface area contributed by atoms with Crippen molar-refractivity contribution >= 4 is 27.5 Å². The van der Waals surface area contributed by atoms with Gasteiger partial charge in [-0.2, -0.15) is 8.78 Å². The molecule has 0 amide bonds. The van der Waals surface area contributed by atoms with Gasteiger partial charge in [0.15, 0.2) is 0 Å². The molecular formula is C11H11F2NO6S. The molecule has 0 fully saturated rings. The Morgan fingerprint density at radius 3 is 2.24 bits per heavy atom. The molecule has 1 aromatic rings. The van der Waals surface area contributed by atoms with Crippen molar-refractivity contribution in [2.75, 3.05) is 5.32 Å². The highest BCUT2D eigenvalue weighted by Gasteiger charge is 2.30. The molecule has 0 aromatic heterocycles. The van der Waals surface area contributed by atoms with Crippen LogP contribution >= 0.6 is 0 Å². The fourth-order valence-corrected chi connectivity index (χ4v) is 2.39. The van der Waals surface area contributed by atoms with E-state index in [-0.39, 0.29) is 0 Å². The normalized spacial score (nSPS) is 12.9. The van der Waals surface area contributed by atoms with Gasteiger partial charge in [-0.3, -0.25) is 4.79 Å². The van der Waals surface area contributed by atoms with Crippen LogP contribution in [0.1, 0.15) is 6.42 Å². The van der Waals surface area contributed by atoms with Gasteiger partial charge in [-0.1, -0.05) is 12.1 Å². The number of nitrogens with one attached hydrogen (secondary N) is 1. The molecule has 116 valence electrons. The van der Waals surface area contributed by atoms with Crippen molar-refractivity contribution in [1.82, 2.24) is 0 Å². The maximum Gasteiger partial charge on any atom is 0.341 e. The van der Waals surface area contributed by atoms with Gasteiger partial charge < -0.3 is 15.5 Å². The average molecular weight is 323 g/mol. The Morgan fingerprint density at radius 1 is 1.19 bits per heavy atom. The number of aliphatic carboxylic acids is 2. The molecule has 21 heavy (non-hydrogen) atoms. The molecule has 10 heteroatoms. The molecule has 0 saturated heterocycles. The predicted molar refractivity (Wildman–Crippen MR) is 66.9 cm³/mol. The lowest BCUT2D eigenvalue weighted by Gasteiger charge is -2.16. The fraction of sp³-hybridized carbons (Fsp3) is 0.273. The van der Waals surface area contributed by atoms with E-state index in [9.17, 15) is 26.8 Å². The van der Waals surface area contributed by atoms with Crippen molar-refractivity contribution in [2.45, 2.75) is 23.1 Å². The summed E-state index contributed by atoms with van der Waals surface area (Å²) in [5, 5.41) is 19.6. The Kier molecular flexibility index (Phi) is 5.19. The molecule has 0 bridgehead atoms. The summed E-state index contributed by atoms with van der Waals surface area (Å²) in [6.45, 7) is 0. The largest absolute Gasteiger partial charge is 0.481 e. The zero-order valence-electron chi connectivity index (χ0n) is 10.4. The predicted octanol–water partition coefficient (Wildman–Crippen LogP) is 1.02. The minimum Gasteiger partial charge on any atom is -0.481 e. The number of rotatable bonds is 7. The molecule has 1 rings (SSSR count). The van der Waals surface area contributed by atoms with E-state index in [0.717, 1.165) is 12.1 Å². The molecule has 0 heterocycles. The van der Waals surface area contributed by atoms with Crippen LogP contribution in [0.3, 0.4) is 0 Å². The Balaban J connectivity index is 3.20. The minimum absolute atomic E-state index is 0.397. The number of anilines is 1. The average Bonchev–Trinajstić information content (AvgIpc) is 2.37. The van der Waals surface area contributed by atoms with Crippen LogP contribution in [-0.2, 0) is 19.4 Å². The van der Waals surface area contributed by atoms with Crippen molar-refractivity contribution < 1.29 is 37.0 Å². The number of carbonyl (C=O) groups is 2. The number of sulfone groups is 1. The summed E-state index contributed by atoms with van der Waals surface area (Å²) >= 11 is 0. The lowest BCUT2D eigenvalue weighted by atomic mass is 10.2. The molecule has 0 aliphatic rings. The van der Waals surface area contributed by atoms with Crippen LogP contribution in [0.4, 0.5) is 14.5 Å². The second-order valence-electron chi connectivity index (χ2n) is 3.93. The topological polar surface area (TPSA) is 121 Å². The Labute approximate surface area is 118 Å². The molecule has 1 unspecified atom stereocenters. The van der Waals surface area contributed by atoms with Crippen LogP contribution in [0.5, 0.6) is 0 Å². The first-order valence-electron chi connectivity index (χ1n) is 5.48. The zero-order chi connectivity index (χ0) is 16.2. The van der Waals surface area contributed by atoms with E-state index in [2.05, 4.69) is 5.32 Å². The second-order valence-corrected chi connectivity index (χ2v) is 5.82. The quantitative estimate of drug-likeness (QED) is 0.685. The Morgan fingerprint density at radius 2 is 1.76 bits per heavy atom. The third-order valence-electron chi connectivity index (χ3n) is 2.43. The van der Waals surface area contributed by atoms with Gasteiger partial charge in [0.1, 0.15) is 6.04 Å². The van der Waals surface area contributed by atoms with E-state index in [1.54, 1.807) is 0 Å². The van der Waals surface area contributed by atoms with E-state index in [1.165, 1.54) is 12.1 Å².